The van der Waals surface area contributed by atoms with Gasteiger partial charge in [-0.3, -0.25) is 4.79 Å². The third-order valence-corrected chi connectivity index (χ3v) is 4.00. The summed E-state index contributed by atoms with van der Waals surface area (Å²) in [6.07, 6.45) is 3.19. The normalized spacial score (nSPS) is 18.2. The first-order valence-electron chi connectivity index (χ1n) is 5.10. The molecule has 1 aliphatic rings. The number of aryl methyl sites for hydroxylation is 2. The topological polar surface area (TPSA) is 17.1 Å². The number of carbonyl (C=O) groups is 1. The van der Waals surface area contributed by atoms with Crippen molar-refractivity contribution >= 4 is 17.1 Å². The van der Waals surface area contributed by atoms with Crippen LogP contribution in [0.15, 0.2) is 6.07 Å². The molecule has 2 heteroatoms. The van der Waals surface area contributed by atoms with Crippen LogP contribution in [0.3, 0.4) is 0 Å². The fraction of sp³-hybridized carbons (Fsp3) is 0.583. The van der Waals surface area contributed by atoms with Gasteiger partial charge in [0.25, 0.3) is 0 Å². The van der Waals surface area contributed by atoms with Gasteiger partial charge >= 0.3 is 0 Å². The molecule has 0 aliphatic heterocycles. The number of rotatable bonds is 3. The van der Waals surface area contributed by atoms with Crippen molar-refractivity contribution in [1.29, 1.82) is 0 Å². The maximum absolute atomic E-state index is 11.9. The van der Waals surface area contributed by atoms with E-state index in [0.29, 0.717) is 11.2 Å². The lowest BCUT2D eigenvalue weighted by Crippen LogP contribution is -2.06. The number of hydrogen-bond donors (Lipinski definition) is 0. The Bertz CT molecular complexity index is 372. The predicted molar refractivity (Wildman–Crippen MR) is 60.1 cm³/mol. The van der Waals surface area contributed by atoms with E-state index in [4.69, 9.17) is 0 Å². The van der Waals surface area contributed by atoms with Gasteiger partial charge in [-0.25, -0.2) is 0 Å². The molecule has 0 saturated heterocycles. The average molecular weight is 208 g/mol. The quantitative estimate of drug-likeness (QED) is 0.692. The van der Waals surface area contributed by atoms with E-state index < -0.39 is 0 Å². The van der Waals surface area contributed by atoms with Crippen molar-refractivity contribution < 1.29 is 4.79 Å². The Morgan fingerprint density at radius 3 is 2.57 bits per heavy atom. The van der Waals surface area contributed by atoms with E-state index in [9.17, 15) is 4.79 Å². The van der Waals surface area contributed by atoms with E-state index in [1.54, 1.807) is 11.3 Å². The maximum atomic E-state index is 11.9. The standard InChI is InChI=1S/C12H16OS/c1-8-6-10(9(2)14-8)11(13)7-12(3)4-5-12/h6H,4-5,7H2,1-3H3. The van der Waals surface area contributed by atoms with Crippen molar-refractivity contribution in [3.05, 3.63) is 21.4 Å². The van der Waals surface area contributed by atoms with Gasteiger partial charge in [0.2, 0.25) is 0 Å². The fourth-order valence-corrected chi connectivity index (χ4v) is 2.72. The summed E-state index contributed by atoms with van der Waals surface area (Å²) in [6, 6.07) is 2.04. The van der Waals surface area contributed by atoms with Crippen molar-refractivity contribution in [3.63, 3.8) is 0 Å². The minimum atomic E-state index is 0.333. The second-order valence-electron chi connectivity index (χ2n) is 4.74. The maximum Gasteiger partial charge on any atom is 0.164 e. The van der Waals surface area contributed by atoms with Crippen LogP contribution in [0.4, 0.5) is 0 Å². The molecule has 76 valence electrons. The summed E-state index contributed by atoms with van der Waals surface area (Å²) >= 11 is 1.72. The molecule has 0 unspecified atom stereocenters. The molecular weight excluding hydrogens is 192 g/mol. The highest BCUT2D eigenvalue weighted by molar-refractivity contribution is 7.12. The van der Waals surface area contributed by atoms with Crippen LogP contribution in [0, 0.1) is 19.3 Å². The van der Waals surface area contributed by atoms with Gasteiger partial charge in [0.15, 0.2) is 5.78 Å². The summed E-state index contributed by atoms with van der Waals surface area (Å²) in [6.45, 7) is 6.31. The molecule has 0 N–H and O–H groups in total. The van der Waals surface area contributed by atoms with Crippen LogP contribution in [-0.2, 0) is 0 Å². The molecule has 0 radical (unpaired) electrons. The first-order valence-corrected chi connectivity index (χ1v) is 5.92. The zero-order valence-electron chi connectivity index (χ0n) is 9.02. The van der Waals surface area contributed by atoms with Crippen molar-refractivity contribution in [2.24, 2.45) is 5.41 Å². The second-order valence-corrected chi connectivity index (χ2v) is 6.20. The molecule has 1 nitrogen and oxygen atoms in total. The van der Waals surface area contributed by atoms with Gasteiger partial charge in [-0.15, -0.1) is 11.3 Å². The largest absolute Gasteiger partial charge is 0.294 e. The van der Waals surface area contributed by atoms with Crippen LogP contribution in [0.1, 0.15) is 46.3 Å². The van der Waals surface area contributed by atoms with Crippen LogP contribution >= 0.6 is 11.3 Å². The predicted octanol–water partition coefficient (Wildman–Crippen LogP) is 3.74. The summed E-state index contributed by atoms with van der Waals surface area (Å²) in [7, 11) is 0. The van der Waals surface area contributed by atoms with Crippen LogP contribution < -0.4 is 0 Å². The smallest absolute Gasteiger partial charge is 0.164 e. The molecule has 14 heavy (non-hydrogen) atoms. The fourth-order valence-electron chi connectivity index (χ4n) is 1.78. The molecule has 1 fully saturated rings. The van der Waals surface area contributed by atoms with E-state index in [-0.39, 0.29) is 0 Å². The Morgan fingerprint density at radius 1 is 1.50 bits per heavy atom. The molecule has 0 spiro atoms. The minimum Gasteiger partial charge on any atom is -0.294 e. The summed E-state index contributed by atoms with van der Waals surface area (Å²) in [5.74, 6) is 0.340. The van der Waals surface area contributed by atoms with Gasteiger partial charge in [-0.2, -0.15) is 0 Å². The van der Waals surface area contributed by atoms with E-state index >= 15 is 0 Å². The summed E-state index contributed by atoms with van der Waals surface area (Å²) in [4.78, 5) is 14.4. The molecule has 1 aromatic rings. The lowest BCUT2D eigenvalue weighted by Gasteiger charge is -2.05. The lowest BCUT2D eigenvalue weighted by molar-refractivity contribution is 0.0959. The van der Waals surface area contributed by atoms with Gasteiger partial charge in [-0.05, 0) is 38.2 Å². The van der Waals surface area contributed by atoms with Gasteiger partial charge in [0.1, 0.15) is 0 Å². The molecule has 1 heterocycles. The Balaban J connectivity index is 2.14. The summed E-state index contributed by atoms with van der Waals surface area (Å²) in [5, 5.41) is 0. The lowest BCUT2D eigenvalue weighted by atomic mass is 9.98. The molecule has 0 bridgehead atoms. The molecule has 1 aliphatic carbocycles. The summed E-state index contributed by atoms with van der Waals surface area (Å²) in [5.41, 5.74) is 1.29. The van der Waals surface area contributed by atoms with Crippen molar-refractivity contribution in [3.8, 4) is 0 Å². The van der Waals surface area contributed by atoms with E-state index in [2.05, 4.69) is 13.8 Å². The average Bonchev–Trinajstić information content (AvgIpc) is 2.68. The third kappa shape index (κ3) is 1.90. The molecular formula is C12H16OS. The van der Waals surface area contributed by atoms with E-state index in [1.165, 1.54) is 22.6 Å². The zero-order chi connectivity index (χ0) is 10.3. The van der Waals surface area contributed by atoms with E-state index in [0.717, 1.165) is 12.0 Å². The monoisotopic (exact) mass is 208 g/mol. The summed E-state index contributed by atoms with van der Waals surface area (Å²) < 4.78 is 0. The van der Waals surface area contributed by atoms with Crippen molar-refractivity contribution in [2.45, 2.75) is 40.0 Å². The van der Waals surface area contributed by atoms with E-state index in [1.807, 2.05) is 13.0 Å². The molecule has 1 aromatic heterocycles. The van der Waals surface area contributed by atoms with Crippen LogP contribution in [0.2, 0.25) is 0 Å². The van der Waals surface area contributed by atoms with Crippen LogP contribution in [0.5, 0.6) is 0 Å². The van der Waals surface area contributed by atoms with Crippen LogP contribution in [0.25, 0.3) is 0 Å². The van der Waals surface area contributed by atoms with Gasteiger partial charge in [0.05, 0.1) is 0 Å². The van der Waals surface area contributed by atoms with Gasteiger partial charge in [0, 0.05) is 21.7 Å². The number of ketones is 1. The van der Waals surface area contributed by atoms with Gasteiger partial charge < -0.3 is 0 Å². The molecule has 2 rings (SSSR count). The van der Waals surface area contributed by atoms with Crippen molar-refractivity contribution in [2.75, 3.05) is 0 Å². The highest BCUT2D eigenvalue weighted by Gasteiger charge is 2.39. The number of hydrogen-bond acceptors (Lipinski definition) is 2. The Kier molecular flexibility index (Phi) is 2.26. The first-order chi connectivity index (χ1) is 6.50. The van der Waals surface area contributed by atoms with Crippen molar-refractivity contribution in [1.82, 2.24) is 0 Å². The SMILES string of the molecule is Cc1cc(C(=O)CC2(C)CC2)c(C)s1. The molecule has 0 atom stereocenters. The minimum absolute atomic E-state index is 0.333. The van der Waals surface area contributed by atoms with Crippen LogP contribution in [-0.4, -0.2) is 5.78 Å². The Labute approximate surface area is 89.1 Å². The Hall–Kier alpha value is -0.630. The zero-order valence-corrected chi connectivity index (χ0v) is 9.83. The third-order valence-electron chi connectivity index (χ3n) is 3.03. The number of Topliss-reactive ketones (excluding diaryl/α,β-unsaturated/α-hetero) is 1. The highest BCUT2D eigenvalue weighted by Crippen LogP contribution is 2.48. The molecule has 1 saturated carbocycles. The highest BCUT2D eigenvalue weighted by atomic mass is 32.1. The number of carbonyl (C=O) groups excluding carboxylic acids is 1. The first kappa shape index (κ1) is 9.91. The second kappa shape index (κ2) is 3.20. The number of thiophene rings is 1. The molecule has 0 amide bonds. The van der Waals surface area contributed by atoms with Gasteiger partial charge in [-0.1, -0.05) is 6.92 Å². The molecule has 0 aromatic carbocycles. The Morgan fingerprint density at radius 2 is 2.14 bits per heavy atom.